The molecule has 0 radical (unpaired) electrons. The Labute approximate surface area is 98.9 Å². The fourth-order valence-corrected chi connectivity index (χ4v) is 1.19. The average molecular weight is 275 g/mol. The molecule has 0 amide bonds. The van der Waals surface area contributed by atoms with E-state index in [1.54, 1.807) is 12.1 Å². The number of rotatable bonds is 1. The van der Waals surface area contributed by atoms with Gasteiger partial charge in [-0.15, -0.1) is 0 Å². The molecule has 0 unspecified atom stereocenters. The molecule has 88 valence electrons. The molecule has 0 saturated heterocycles. The first-order chi connectivity index (χ1) is 7.00. The van der Waals surface area contributed by atoms with Crippen LogP contribution in [0.1, 0.15) is 5.56 Å². The Morgan fingerprint density at radius 1 is 1.07 bits per heavy atom. The van der Waals surface area contributed by atoms with Gasteiger partial charge in [0.1, 0.15) is 0 Å². The molecule has 0 aliphatic rings. The topological polar surface area (TPSA) is 106 Å². The number of hydrogen-bond donors (Lipinski definition) is 3. The standard InChI is InChI=1S/C7H8O3S.2ClH2N/c1-6-2-4-7(5-3-6)11(8,9)10;2*1-2/h2-5H,1H3,(H,8,9,10);2*2H2. The van der Waals surface area contributed by atoms with E-state index >= 15 is 0 Å². The van der Waals surface area contributed by atoms with E-state index in [0.29, 0.717) is 0 Å². The quantitative estimate of drug-likeness (QED) is 0.531. The Bertz CT molecular complexity index is 353. The first-order valence-corrected chi connectivity index (χ1v) is 5.79. The molecule has 0 aliphatic carbocycles. The van der Waals surface area contributed by atoms with Gasteiger partial charge in [-0.1, -0.05) is 17.7 Å². The highest BCUT2D eigenvalue weighted by Crippen LogP contribution is 2.08. The highest BCUT2D eigenvalue weighted by molar-refractivity contribution is 7.85. The molecule has 5 nitrogen and oxygen atoms in total. The van der Waals surface area contributed by atoms with Crippen LogP contribution >= 0.6 is 23.6 Å². The van der Waals surface area contributed by atoms with Gasteiger partial charge in [-0.25, -0.2) is 10.5 Å². The number of nitrogens with two attached hydrogens (primary N) is 2. The Hall–Kier alpha value is -0.370. The van der Waals surface area contributed by atoms with Crippen LogP contribution in [0.4, 0.5) is 0 Å². The van der Waals surface area contributed by atoms with Gasteiger partial charge in [0.2, 0.25) is 0 Å². The summed E-state index contributed by atoms with van der Waals surface area (Å²) in [6.07, 6.45) is 0. The minimum atomic E-state index is -4.02. The highest BCUT2D eigenvalue weighted by Gasteiger charge is 2.06. The lowest BCUT2D eigenvalue weighted by molar-refractivity contribution is 0.483. The first-order valence-electron chi connectivity index (χ1n) is 3.48. The lowest BCUT2D eigenvalue weighted by atomic mass is 10.2. The van der Waals surface area contributed by atoms with Crippen LogP contribution in [0, 0.1) is 6.92 Å². The van der Waals surface area contributed by atoms with Gasteiger partial charge in [0, 0.05) is 0 Å². The second-order valence-corrected chi connectivity index (χ2v) is 3.71. The fourth-order valence-electron chi connectivity index (χ4n) is 0.710. The molecule has 5 N–H and O–H groups in total. The second kappa shape index (κ2) is 8.90. The summed E-state index contributed by atoms with van der Waals surface area (Å²) in [5.41, 5.74) is 0.956. The van der Waals surface area contributed by atoms with Crippen molar-refractivity contribution in [3.63, 3.8) is 0 Å². The van der Waals surface area contributed by atoms with Crippen molar-refractivity contribution in [1.29, 1.82) is 0 Å². The van der Waals surface area contributed by atoms with E-state index in [2.05, 4.69) is 34.1 Å². The summed E-state index contributed by atoms with van der Waals surface area (Å²) in [5.74, 6) is 0. The van der Waals surface area contributed by atoms with Gasteiger partial charge in [-0.2, -0.15) is 8.42 Å². The fraction of sp³-hybridized carbons (Fsp3) is 0.143. The van der Waals surface area contributed by atoms with Crippen molar-refractivity contribution >= 4 is 33.7 Å². The van der Waals surface area contributed by atoms with Crippen molar-refractivity contribution in [2.75, 3.05) is 0 Å². The number of aryl methyl sites for hydroxylation is 1. The zero-order valence-electron chi connectivity index (χ0n) is 7.89. The molecular weight excluding hydrogens is 263 g/mol. The summed E-state index contributed by atoms with van der Waals surface area (Å²) in [7, 11) is -4.02. The molecule has 0 atom stereocenters. The van der Waals surface area contributed by atoms with E-state index in [1.165, 1.54) is 12.1 Å². The van der Waals surface area contributed by atoms with Gasteiger partial charge in [-0.3, -0.25) is 4.55 Å². The third-order valence-corrected chi connectivity index (χ3v) is 2.19. The molecule has 0 fully saturated rings. The largest absolute Gasteiger partial charge is 0.294 e. The molecule has 0 saturated carbocycles. The van der Waals surface area contributed by atoms with Gasteiger partial charge in [0.15, 0.2) is 0 Å². The van der Waals surface area contributed by atoms with Crippen LogP contribution in [0.15, 0.2) is 29.2 Å². The van der Waals surface area contributed by atoms with Gasteiger partial charge in [0.25, 0.3) is 10.1 Å². The smallest absolute Gasteiger partial charge is 0.282 e. The number of halogens is 2. The Balaban J connectivity index is 0. The maximum atomic E-state index is 10.5. The van der Waals surface area contributed by atoms with Crippen molar-refractivity contribution in [3.05, 3.63) is 29.8 Å². The van der Waals surface area contributed by atoms with Gasteiger partial charge >= 0.3 is 0 Å². The minimum Gasteiger partial charge on any atom is -0.282 e. The van der Waals surface area contributed by atoms with Crippen molar-refractivity contribution in [2.24, 2.45) is 10.5 Å². The Kier molecular flexibility index (Phi) is 10.1. The van der Waals surface area contributed by atoms with E-state index in [0.717, 1.165) is 5.56 Å². The third kappa shape index (κ3) is 7.55. The van der Waals surface area contributed by atoms with Crippen molar-refractivity contribution in [2.45, 2.75) is 11.8 Å². The van der Waals surface area contributed by atoms with Crippen LogP contribution in [0.2, 0.25) is 0 Å². The monoisotopic (exact) mass is 274 g/mol. The molecule has 15 heavy (non-hydrogen) atoms. The van der Waals surface area contributed by atoms with Gasteiger partial charge in [0.05, 0.1) is 4.90 Å². The van der Waals surface area contributed by atoms with Crippen molar-refractivity contribution < 1.29 is 13.0 Å². The van der Waals surface area contributed by atoms with Gasteiger partial charge < -0.3 is 0 Å². The lowest BCUT2D eigenvalue weighted by Crippen LogP contribution is -1.96. The zero-order valence-corrected chi connectivity index (χ0v) is 10.2. The Morgan fingerprint density at radius 3 is 1.67 bits per heavy atom. The normalized spacial score (nSPS) is 9.20. The van der Waals surface area contributed by atoms with Gasteiger partial charge in [-0.05, 0) is 42.6 Å². The van der Waals surface area contributed by atoms with Crippen LogP contribution in [-0.2, 0) is 10.1 Å². The molecule has 0 bridgehead atoms. The molecule has 1 rings (SSSR count). The maximum Gasteiger partial charge on any atom is 0.294 e. The SMILES string of the molecule is Cc1ccc(S(=O)(=O)O)cc1.NCl.NCl. The van der Waals surface area contributed by atoms with Crippen molar-refractivity contribution in [3.8, 4) is 0 Å². The molecule has 1 aromatic carbocycles. The van der Waals surface area contributed by atoms with Crippen LogP contribution in [0.3, 0.4) is 0 Å². The number of hydrogen-bond acceptors (Lipinski definition) is 4. The third-order valence-electron chi connectivity index (χ3n) is 1.32. The average Bonchev–Trinajstić information content (AvgIpc) is 2.23. The first kappa shape index (κ1) is 17.0. The van der Waals surface area contributed by atoms with E-state index in [-0.39, 0.29) is 4.90 Å². The van der Waals surface area contributed by atoms with E-state index in [9.17, 15) is 8.42 Å². The maximum absolute atomic E-state index is 10.5. The molecule has 8 heteroatoms. The molecule has 1 aromatic rings. The predicted octanol–water partition coefficient (Wildman–Crippen LogP) is 1.44. The summed E-state index contributed by atoms with van der Waals surface area (Å²) in [6.45, 7) is 1.84. The van der Waals surface area contributed by atoms with Crippen molar-refractivity contribution in [1.82, 2.24) is 0 Å². The predicted molar refractivity (Wildman–Crippen MR) is 61.1 cm³/mol. The van der Waals surface area contributed by atoms with Crippen LogP contribution in [-0.4, -0.2) is 13.0 Å². The van der Waals surface area contributed by atoms with Crippen LogP contribution in [0.5, 0.6) is 0 Å². The van der Waals surface area contributed by atoms with E-state index < -0.39 is 10.1 Å². The van der Waals surface area contributed by atoms with E-state index in [1.807, 2.05) is 6.92 Å². The molecular formula is C7H12Cl2N2O3S. The minimum absolute atomic E-state index is 0.0666. The lowest BCUT2D eigenvalue weighted by Gasteiger charge is -1.95. The zero-order chi connectivity index (χ0) is 12.5. The van der Waals surface area contributed by atoms with E-state index in [4.69, 9.17) is 4.55 Å². The molecule has 0 spiro atoms. The molecule has 0 heterocycles. The van der Waals surface area contributed by atoms with Crippen LogP contribution in [0.25, 0.3) is 0 Å². The second-order valence-electron chi connectivity index (χ2n) is 2.29. The molecule has 0 aliphatic heterocycles. The highest BCUT2D eigenvalue weighted by atomic mass is 35.5. The van der Waals surface area contributed by atoms with Crippen LogP contribution < -0.4 is 10.5 Å². The Morgan fingerprint density at radius 2 is 1.40 bits per heavy atom. The summed E-state index contributed by atoms with van der Waals surface area (Å²) in [6, 6.07) is 5.99. The number of benzene rings is 1. The molecule has 0 aromatic heterocycles. The summed E-state index contributed by atoms with van der Waals surface area (Å²) >= 11 is 8.28. The summed E-state index contributed by atoms with van der Waals surface area (Å²) < 4.78 is 29.6. The summed E-state index contributed by atoms with van der Waals surface area (Å²) in [4.78, 5) is -0.0666. The summed E-state index contributed by atoms with van der Waals surface area (Å²) in [5, 5.41) is 7.94.